The van der Waals surface area contributed by atoms with Crippen LogP contribution in [0.3, 0.4) is 0 Å². The van der Waals surface area contributed by atoms with Crippen LogP contribution in [0.5, 0.6) is 5.75 Å². The molecular weight excluding hydrogens is 262 g/mol. The highest BCUT2D eigenvalue weighted by atomic mass is 16.5. The lowest BCUT2D eigenvalue weighted by Crippen LogP contribution is -2.44. The van der Waals surface area contributed by atoms with Crippen LogP contribution < -0.4 is 15.0 Å². The summed E-state index contributed by atoms with van der Waals surface area (Å²) in [7, 11) is 1.78. The van der Waals surface area contributed by atoms with Crippen LogP contribution in [-0.4, -0.2) is 51.3 Å². The molecule has 1 unspecified atom stereocenters. The molecule has 4 nitrogen and oxygen atoms in total. The quantitative estimate of drug-likeness (QED) is 0.920. The first-order valence-electron chi connectivity index (χ1n) is 8.17. The fourth-order valence-electron chi connectivity index (χ4n) is 3.49. The monoisotopic (exact) mass is 289 g/mol. The van der Waals surface area contributed by atoms with Gasteiger partial charge in [-0.15, -0.1) is 0 Å². The number of nitrogens with zero attached hydrogens (tertiary/aromatic N) is 2. The maximum atomic E-state index is 5.61. The minimum atomic E-state index is 0.407. The summed E-state index contributed by atoms with van der Waals surface area (Å²) in [6.07, 6.45) is 2.63. The van der Waals surface area contributed by atoms with Gasteiger partial charge in [0.05, 0.1) is 7.11 Å². The number of piperazine rings is 1. The van der Waals surface area contributed by atoms with E-state index in [2.05, 4.69) is 40.2 Å². The zero-order valence-electron chi connectivity index (χ0n) is 13.3. The third-order valence-electron chi connectivity index (χ3n) is 4.83. The van der Waals surface area contributed by atoms with Crippen LogP contribution in [0.2, 0.25) is 0 Å². The van der Waals surface area contributed by atoms with Crippen LogP contribution in [0.25, 0.3) is 0 Å². The van der Waals surface area contributed by atoms with Gasteiger partial charge in [-0.1, -0.05) is 0 Å². The Morgan fingerprint density at radius 3 is 2.48 bits per heavy atom. The van der Waals surface area contributed by atoms with E-state index in [4.69, 9.17) is 4.74 Å². The molecule has 0 radical (unpaired) electrons. The van der Waals surface area contributed by atoms with E-state index >= 15 is 0 Å². The summed E-state index contributed by atoms with van der Waals surface area (Å²) in [5.74, 6) is 1.02. The van der Waals surface area contributed by atoms with E-state index in [-0.39, 0.29) is 0 Å². The summed E-state index contributed by atoms with van der Waals surface area (Å²) in [6.45, 7) is 9.06. The zero-order valence-corrected chi connectivity index (χ0v) is 13.3. The molecule has 2 aliphatic heterocycles. The minimum absolute atomic E-state index is 0.407. The number of methoxy groups -OCH3 is 1. The molecule has 2 fully saturated rings. The Balaban J connectivity index is 1.85. The molecule has 1 atom stereocenters. The summed E-state index contributed by atoms with van der Waals surface area (Å²) in [6, 6.07) is 7.10. The largest absolute Gasteiger partial charge is 0.496 e. The lowest BCUT2D eigenvalue weighted by molar-refractivity contribution is 0.182. The molecule has 0 spiro atoms. The molecule has 2 aliphatic rings. The van der Waals surface area contributed by atoms with Crippen LogP contribution in [-0.2, 0) is 0 Å². The van der Waals surface area contributed by atoms with Crippen molar-refractivity contribution in [2.45, 2.75) is 25.8 Å². The Kier molecular flexibility index (Phi) is 4.66. The van der Waals surface area contributed by atoms with Crippen LogP contribution >= 0.6 is 0 Å². The SMILES string of the molecule is COc1ccc(N2CCCC2)cc1C(C)N1CCNCC1. The van der Waals surface area contributed by atoms with Crippen LogP contribution in [0, 0.1) is 0 Å². The van der Waals surface area contributed by atoms with Crippen LogP contribution in [0.15, 0.2) is 18.2 Å². The second-order valence-corrected chi connectivity index (χ2v) is 6.08. The lowest BCUT2D eigenvalue weighted by atomic mass is 10.0. The van der Waals surface area contributed by atoms with E-state index in [9.17, 15) is 0 Å². The van der Waals surface area contributed by atoms with Gasteiger partial charge in [0.1, 0.15) is 5.75 Å². The van der Waals surface area contributed by atoms with Crippen molar-refractivity contribution in [1.82, 2.24) is 10.2 Å². The van der Waals surface area contributed by atoms with Gasteiger partial charge in [0.15, 0.2) is 0 Å². The van der Waals surface area contributed by atoms with Crippen LogP contribution in [0.4, 0.5) is 5.69 Å². The molecule has 0 amide bonds. The molecule has 2 heterocycles. The van der Waals surface area contributed by atoms with E-state index in [1.54, 1.807) is 7.11 Å². The summed E-state index contributed by atoms with van der Waals surface area (Å²) in [4.78, 5) is 5.04. The highest BCUT2D eigenvalue weighted by Gasteiger charge is 2.22. The van der Waals surface area contributed by atoms with E-state index in [0.29, 0.717) is 6.04 Å². The number of rotatable bonds is 4. The molecule has 116 valence electrons. The van der Waals surface area contributed by atoms with Gasteiger partial charge in [0.2, 0.25) is 0 Å². The van der Waals surface area contributed by atoms with E-state index in [1.807, 2.05) is 0 Å². The van der Waals surface area contributed by atoms with Gasteiger partial charge in [-0.3, -0.25) is 4.90 Å². The Bertz CT molecular complexity index is 465. The van der Waals surface area contributed by atoms with Gasteiger partial charge in [-0.25, -0.2) is 0 Å². The first-order valence-corrected chi connectivity index (χ1v) is 8.17. The molecule has 2 saturated heterocycles. The number of anilines is 1. The fraction of sp³-hybridized carbons (Fsp3) is 0.647. The molecule has 0 bridgehead atoms. The molecule has 4 heteroatoms. The molecule has 3 rings (SSSR count). The average Bonchev–Trinajstić information content (AvgIpc) is 3.09. The Morgan fingerprint density at radius 2 is 1.81 bits per heavy atom. The van der Waals surface area contributed by atoms with Gasteiger partial charge >= 0.3 is 0 Å². The van der Waals surface area contributed by atoms with Crippen molar-refractivity contribution in [3.63, 3.8) is 0 Å². The number of nitrogens with one attached hydrogen (secondary N) is 1. The van der Waals surface area contributed by atoms with Crippen molar-refractivity contribution < 1.29 is 4.74 Å². The third-order valence-corrected chi connectivity index (χ3v) is 4.83. The van der Waals surface area contributed by atoms with Gasteiger partial charge in [0, 0.05) is 56.6 Å². The van der Waals surface area contributed by atoms with E-state index in [1.165, 1.54) is 37.2 Å². The Hall–Kier alpha value is -1.26. The molecule has 1 N–H and O–H groups in total. The molecule has 1 aromatic carbocycles. The van der Waals surface area contributed by atoms with Crippen LogP contribution in [0.1, 0.15) is 31.4 Å². The van der Waals surface area contributed by atoms with Crippen molar-refractivity contribution in [3.05, 3.63) is 23.8 Å². The minimum Gasteiger partial charge on any atom is -0.496 e. The fourth-order valence-corrected chi connectivity index (χ4v) is 3.49. The van der Waals surface area contributed by atoms with E-state index < -0.39 is 0 Å². The van der Waals surface area contributed by atoms with Crippen molar-refractivity contribution in [3.8, 4) is 5.75 Å². The standard InChI is InChI=1S/C17H27N3O/c1-14(19-11-7-18-8-12-19)16-13-15(5-6-17(16)21-2)20-9-3-4-10-20/h5-6,13-14,18H,3-4,7-12H2,1-2H3. The number of hydrogen-bond donors (Lipinski definition) is 1. The van der Waals surface area contributed by atoms with Gasteiger partial charge in [0.25, 0.3) is 0 Å². The number of benzene rings is 1. The topological polar surface area (TPSA) is 27.7 Å². The second-order valence-electron chi connectivity index (χ2n) is 6.08. The summed E-state index contributed by atoms with van der Waals surface area (Å²) >= 11 is 0. The first-order chi connectivity index (χ1) is 10.3. The summed E-state index contributed by atoms with van der Waals surface area (Å²) in [5, 5.41) is 3.42. The number of hydrogen-bond acceptors (Lipinski definition) is 4. The molecule has 0 saturated carbocycles. The summed E-state index contributed by atoms with van der Waals surface area (Å²) in [5.41, 5.74) is 2.68. The normalized spacial score (nSPS) is 21.5. The second kappa shape index (κ2) is 6.67. The maximum absolute atomic E-state index is 5.61. The zero-order chi connectivity index (χ0) is 14.7. The van der Waals surface area contributed by atoms with Crippen molar-refractivity contribution in [2.24, 2.45) is 0 Å². The van der Waals surface area contributed by atoms with Gasteiger partial charge in [-0.05, 0) is 38.0 Å². The Labute approximate surface area is 128 Å². The summed E-state index contributed by atoms with van der Waals surface area (Å²) < 4.78 is 5.61. The molecular formula is C17H27N3O. The van der Waals surface area contributed by atoms with Crippen molar-refractivity contribution >= 4 is 5.69 Å². The molecule has 1 aromatic rings. The Morgan fingerprint density at radius 1 is 1.10 bits per heavy atom. The average molecular weight is 289 g/mol. The molecule has 0 aromatic heterocycles. The highest BCUT2D eigenvalue weighted by Crippen LogP contribution is 2.33. The van der Waals surface area contributed by atoms with Crippen molar-refractivity contribution in [2.75, 3.05) is 51.3 Å². The van der Waals surface area contributed by atoms with Crippen molar-refractivity contribution in [1.29, 1.82) is 0 Å². The molecule has 21 heavy (non-hydrogen) atoms. The highest BCUT2D eigenvalue weighted by molar-refractivity contribution is 5.54. The van der Waals surface area contributed by atoms with Gasteiger partial charge < -0.3 is 15.0 Å². The third kappa shape index (κ3) is 3.16. The van der Waals surface area contributed by atoms with Gasteiger partial charge in [-0.2, -0.15) is 0 Å². The smallest absolute Gasteiger partial charge is 0.123 e. The lowest BCUT2D eigenvalue weighted by Gasteiger charge is -2.34. The predicted molar refractivity (Wildman–Crippen MR) is 87.3 cm³/mol. The first kappa shape index (κ1) is 14.7. The van der Waals surface area contributed by atoms with E-state index in [0.717, 1.165) is 31.9 Å². The predicted octanol–water partition coefficient (Wildman–Crippen LogP) is 2.26. The maximum Gasteiger partial charge on any atom is 0.123 e. The number of ether oxygens (including phenoxy) is 1. The molecule has 0 aliphatic carbocycles.